The molecule has 0 aromatic carbocycles. The summed E-state index contributed by atoms with van der Waals surface area (Å²) < 4.78 is 4.71. The number of carbonyl (C=O) groups excluding carboxylic acids is 1. The summed E-state index contributed by atoms with van der Waals surface area (Å²) in [6.07, 6.45) is 2.43. The fourth-order valence-electron chi connectivity index (χ4n) is 2.30. The molecule has 96 valence electrons. The lowest BCUT2D eigenvalue weighted by molar-refractivity contribution is -0.152. The van der Waals surface area contributed by atoms with Gasteiger partial charge in [0.1, 0.15) is 0 Å². The summed E-state index contributed by atoms with van der Waals surface area (Å²) in [7, 11) is 1.47. The Morgan fingerprint density at radius 2 is 1.81 bits per heavy atom. The summed E-state index contributed by atoms with van der Waals surface area (Å²) in [5, 5.41) is 3.34. The monoisotopic (exact) mass is 270 g/mol. The van der Waals surface area contributed by atoms with Gasteiger partial charge in [0, 0.05) is 19.1 Å². The third-order valence-corrected chi connectivity index (χ3v) is 3.27. The van der Waals surface area contributed by atoms with E-state index in [0.29, 0.717) is 6.04 Å². The molecule has 0 amide bonds. The van der Waals surface area contributed by atoms with Gasteiger partial charge in [-0.3, -0.25) is 9.69 Å². The highest BCUT2D eigenvalue weighted by Crippen LogP contribution is 2.23. The maximum atomic E-state index is 11.2. The number of piperidine rings is 1. The normalized spacial score (nSPS) is 22.6. The van der Waals surface area contributed by atoms with Gasteiger partial charge in [0.2, 0.25) is 0 Å². The molecule has 16 heavy (non-hydrogen) atoms. The molecule has 0 radical (unpaired) electrons. The lowest BCUT2D eigenvalue weighted by Gasteiger charge is -2.44. The molecule has 2 rings (SSSR count). The van der Waals surface area contributed by atoms with Crippen LogP contribution in [0.3, 0.4) is 0 Å². The average molecular weight is 271 g/mol. The zero-order valence-corrected chi connectivity index (χ0v) is 11.1. The number of hydrogen-bond donors (Lipinski definition) is 1. The zero-order valence-electron chi connectivity index (χ0n) is 9.48. The molecule has 6 heteroatoms. The smallest absolute Gasteiger partial charge is 0.311 e. The molecule has 0 bridgehead atoms. The largest absolute Gasteiger partial charge is 0.469 e. The topological polar surface area (TPSA) is 41.6 Å². The molecule has 0 unspecified atom stereocenters. The second-order valence-electron chi connectivity index (χ2n) is 4.16. The first-order valence-electron chi connectivity index (χ1n) is 5.34. The van der Waals surface area contributed by atoms with Crippen molar-refractivity contribution in [1.29, 1.82) is 0 Å². The Hall–Kier alpha value is -0.0300. The molecule has 2 fully saturated rings. The number of ether oxygens (including phenoxy) is 1. The molecule has 4 nitrogen and oxygen atoms in total. The second kappa shape index (κ2) is 7.33. The summed E-state index contributed by atoms with van der Waals surface area (Å²) in [4.78, 5) is 13.6. The lowest BCUT2D eigenvalue weighted by Crippen LogP contribution is -2.57. The van der Waals surface area contributed by atoms with E-state index in [1.807, 2.05) is 0 Å². The number of nitrogens with one attached hydrogen (secondary N) is 1. The van der Waals surface area contributed by atoms with Crippen molar-refractivity contribution in [2.24, 2.45) is 5.92 Å². The van der Waals surface area contributed by atoms with E-state index in [1.54, 1.807) is 0 Å². The summed E-state index contributed by atoms with van der Waals surface area (Å²) in [6, 6.07) is 0.692. The van der Waals surface area contributed by atoms with Crippen LogP contribution in [0.25, 0.3) is 0 Å². The predicted octanol–water partition coefficient (Wildman–Crippen LogP) is 0.687. The maximum Gasteiger partial charge on any atom is 0.311 e. The molecule has 2 aliphatic heterocycles. The van der Waals surface area contributed by atoms with Gasteiger partial charge in [0.25, 0.3) is 0 Å². The van der Waals surface area contributed by atoms with E-state index in [9.17, 15) is 4.79 Å². The number of likely N-dealkylation sites (tertiary alicyclic amines) is 1. The summed E-state index contributed by atoms with van der Waals surface area (Å²) in [6.45, 7) is 4.03. The van der Waals surface area contributed by atoms with Gasteiger partial charge >= 0.3 is 5.97 Å². The van der Waals surface area contributed by atoms with Crippen LogP contribution < -0.4 is 5.32 Å². The number of methoxy groups -OCH3 is 1. The van der Waals surface area contributed by atoms with E-state index in [-0.39, 0.29) is 36.7 Å². The molecule has 2 saturated heterocycles. The van der Waals surface area contributed by atoms with Gasteiger partial charge in [-0.2, -0.15) is 0 Å². The Labute approximate surface area is 109 Å². The standard InChI is InChI=1S/C10H18N2O2.2ClH/c1-14-10(13)8-6-12(7-8)9-2-4-11-5-3-9;;/h8-9,11H,2-7H2,1H3;2*1H. The van der Waals surface area contributed by atoms with Crippen molar-refractivity contribution in [3.63, 3.8) is 0 Å². The van der Waals surface area contributed by atoms with Gasteiger partial charge in [-0.25, -0.2) is 0 Å². The highest BCUT2D eigenvalue weighted by Gasteiger charge is 2.37. The molecule has 0 aromatic rings. The van der Waals surface area contributed by atoms with Crippen molar-refractivity contribution < 1.29 is 9.53 Å². The minimum absolute atomic E-state index is 0. The average Bonchev–Trinajstić information content (AvgIpc) is 2.17. The molecular formula is C10H20Cl2N2O2. The van der Waals surface area contributed by atoms with Crippen LogP contribution in [-0.4, -0.2) is 50.2 Å². The Balaban J connectivity index is 0.00000112. The quantitative estimate of drug-likeness (QED) is 0.750. The van der Waals surface area contributed by atoms with Crippen LogP contribution in [-0.2, 0) is 9.53 Å². The zero-order chi connectivity index (χ0) is 9.97. The van der Waals surface area contributed by atoms with Gasteiger partial charge in [0.15, 0.2) is 0 Å². The van der Waals surface area contributed by atoms with Crippen LogP contribution in [0, 0.1) is 5.92 Å². The highest BCUT2D eigenvalue weighted by molar-refractivity contribution is 5.85. The van der Waals surface area contributed by atoms with Crippen molar-refractivity contribution in [3.05, 3.63) is 0 Å². The highest BCUT2D eigenvalue weighted by atomic mass is 35.5. The number of hydrogen-bond acceptors (Lipinski definition) is 4. The lowest BCUT2D eigenvalue weighted by atomic mass is 9.94. The van der Waals surface area contributed by atoms with E-state index >= 15 is 0 Å². The SMILES string of the molecule is COC(=O)C1CN(C2CCNCC2)C1.Cl.Cl. The Morgan fingerprint density at radius 3 is 2.31 bits per heavy atom. The summed E-state index contributed by atoms with van der Waals surface area (Å²) in [5.74, 6) is 0.0880. The molecule has 0 spiro atoms. The molecule has 0 atom stereocenters. The molecule has 2 aliphatic rings. The molecule has 2 heterocycles. The predicted molar refractivity (Wildman–Crippen MR) is 67.5 cm³/mol. The summed E-state index contributed by atoms with van der Waals surface area (Å²) in [5.41, 5.74) is 0. The number of nitrogens with zero attached hydrogens (tertiary/aromatic N) is 1. The van der Waals surface area contributed by atoms with Crippen molar-refractivity contribution >= 4 is 30.8 Å². The molecular weight excluding hydrogens is 251 g/mol. The first kappa shape index (κ1) is 16.0. The number of carbonyl (C=O) groups is 1. The number of esters is 1. The van der Waals surface area contributed by atoms with Gasteiger partial charge in [-0.05, 0) is 25.9 Å². The fourth-order valence-corrected chi connectivity index (χ4v) is 2.30. The van der Waals surface area contributed by atoms with E-state index in [2.05, 4.69) is 10.2 Å². The van der Waals surface area contributed by atoms with Crippen LogP contribution in [0.4, 0.5) is 0 Å². The maximum absolute atomic E-state index is 11.2. The Kier molecular flexibility index (Phi) is 7.31. The van der Waals surface area contributed by atoms with Crippen LogP contribution in [0.15, 0.2) is 0 Å². The Morgan fingerprint density at radius 1 is 1.25 bits per heavy atom. The van der Waals surface area contributed by atoms with Gasteiger partial charge < -0.3 is 10.1 Å². The minimum atomic E-state index is -0.0461. The van der Waals surface area contributed by atoms with Crippen LogP contribution >= 0.6 is 24.8 Å². The molecule has 1 N–H and O–H groups in total. The number of rotatable bonds is 2. The van der Waals surface area contributed by atoms with Crippen LogP contribution in [0.2, 0.25) is 0 Å². The minimum Gasteiger partial charge on any atom is -0.469 e. The van der Waals surface area contributed by atoms with Crippen molar-refractivity contribution in [3.8, 4) is 0 Å². The van der Waals surface area contributed by atoms with Gasteiger partial charge in [0.05, 0.1) is 13.0 Å². The first-order valence-corrected chi connectivity index (χ1v) is 5.34. The molecule has 0 aromatic heterocycles. The third-order valence-electron chi connectivity index (χ3n) is 3.27. The van der Waals surface area contributed by atoms with E-state index in [0.717, 1.165) is 26.2 Å². The second-order valence-corrected chi connectivity index (χ2v) is 4.16. The molecule has 0 saturated carbocycles. The third kappa shape index (κ3) is 3.48. The van der Waals surface area contributed by atoms with E-state index in [4.69, 9.17) is 4.74 Å². The first-order chi connectivity index (χ1) is 6.81. The number of halogens is 2. The summed E-state index contributed by atoms with van der Waals surface area (Å²) >= 11 is 0. The van der Waals surface area contributed by atoms with Gasteiger partial charge in [-0.15, -0.1) is 24.8 Å². The van der Waals surface area contributed by atoms with Crippen molar-refractivity contribution in [2.45, 2.75) is 18.9 Å². The van der Waals surface area contributed by atoms with Crippen molar-refractivity contribution in [1.82, 2.24) is 10.2 Å². The fraction of sp³-hybridized carbons (Fsp3) is 0.900. The van der Waals surface area contributed by atoms with Gasteiger partial charge in [-0.1, -0.05) is 0 Å². The van der Waals surface area contributed by atoms with Crippen LogP contribution in [0.5, 0.6) is 0 Å². The Bertz CT molecular complexity index is 217. The van der Waals surface area contributed by atoms with Crippen molar-refractivity contribution in [2.75, 3.05) is 33.3 Å². The van der Waals surface area contributed by atoms with Crippen LogP contribution in [0.1, 0.15) is 12.8 Å². The van der Waals surface area contributed by atoms with E-state index in [1.165, 1.54) is 20.0 Å². The molecule has 0 aliphatic carbocycles. The van der Waals surface area contributed by atoms with E-state index < -0.39 is 0 Å².